The molecule has 0 unspecified atom stereocenters. The summed E-state index contributed by atoms with van der Waals surface area (Å²) in [7, 11) is 3.38. The minimum Gasteiger partial charge on any atom is -0.493 e. The fourth-order valence-corrected chi connectivity index (χ4v) is 2.92. The molecule has 1 aromatic rings. The molecule has 0 atom stereocenters. The molecule has 1 saturated heterocycles. The molecule has 0 radical (unpaired) electrons. The van der Waals surface area contributed by atoms with E-state index >= 15 is 0 Å². The molecule has 1 N–H and O–H groups in total. The molecule has 0 bridgehead atoms. The van der Waals surface area contributed by atoms with Crippen LogP contribution in [0.1, 0.15) is 31.7 Å². The quantitative estimate of drug-likeness (QED) is 0.890. The van der Waals surface area contributed by atoms with Crippen LogP contribution >= 0.6 is 0 Å². The van der Waals surface area contributed by atoms with Crippen LogP contribution in [0, 0.1) is 0 Å². The maximum absolute atomic E-state index is 5.42. The van der Waals surface area contributed by atoms with E-state index in [1.807, 2.05) is 6.07 Å². The normalized spacial score (nSPS) is 18.4. The van der Waals surface area contributed by atoms with E-state index in [1.165, 1.54) is 24.8 Å². The lowest BCUT2D eigenvalue weighted by Gasteiger charge is -2.37. The molecule has 1 fully saturated rings. The summed E-state index contributed by atoms with van der Waals surface area (Å²) in [5.41, 5.74) is 1.68. The van der Waals surface area contributed by atoms with Gasteiger partial charge in [0.25, 0.3) is 0 Å². The third kappa shape index (κ3) is 2.32. The molecule has 2 rings (SSSR count). The Kier molecular flexibility index (Phi) is 4.12. The van der Waals surface area contributed by atoms with Crippen LogP contribution < -0.4 is 14.8 Å². The van der Waals surface area contributed by atoms with Crippen molar-refractivity contribution in [3.8, 4) is 11.5 Å². The predicted octanol–water partition coefficient (Wildman–Crippen LogP) is 2.74. The first-order valence-corrected chi connectivity index (χ1v) is 6.69. The number of benzene rings is 1. The van der Waals surface area contributed by atoms with Crippen molar-refractivity contribution in [1.29, 1.82) is 0 Å². The molecule has 100 valence electrons. The monoisotopic (exact) mass is 249 g/mol. The van der Waals surface area contributed by atoms with E-state index in [0.29, 0.717) is 5.41 Å². The van der Waals surface area contributed by atoms with Crippen LogP contribution in [0.5, 0.6) is 11.5 Å². The molecule has 3 heteroatoms. The number of hydrogen-bond donors (Lipinski definition) is 1. The average Bonchev–Trinajstić information content (AvgIpc) is 2.47. The van der Waals surface area contributed by atoms with Gasteiger partial charge in [-0.25, -0.2) is 0 Å². The minimum absolute atomic E-state index is 0.296. The van der Waals surface area contributed by atoms with Crippen molar-refractivity contribution in [2.24, 2.45) is 0 Å². The number of piperidine rings is 1. The highest BCUT2D eigenvalue weighted by Gasteiger charge is 2.32. The molecule has 0 aromatic heterocycles. The van der Waals surface area contributed by atoms with Crippen molar-refractivity contribution in [1.82, 2.24) is 5.32 Å². The smallest absolute Gasteiger partial charge is 0.161 e. The van der Waals surface area contributed by atoms with Gasteiger partial charge in [-0.1, -0.05) is 13.0 Å². The summed E-state index contributed by atoms with van der Waals surface area (Å²) in [6.45, 7) is 4.48. The summed E-state index contributed by atoms with van der Waals surface area (Å²) in [6.07, 6.45) is 3.56. The van der Waals surface area contributed by atoms with E-state index in [-0.39, 0.29) is 0 Å². The van der Waals surface area contributed by atoms with E-state index in [4.69, 9.17) is 9.47 Å². The maximum atomic E-state index is 5.42. The molecule has 3 nitrogen and oxygen atoms in total. The first-order chi connectivity index (χ1) is 8.75. The van der Waals surface area contributed by atoms with Gasteiger partial charge in [-0.2, -0.15) is 0 Å². The Morgan fingerprint density at radius 3 is 2.33 bits per heavy atom. The summed E-state index contributed by atoms with van der Waals surface area (Å²) in [5, 5.41) is 3.44. The van der Waals surface area contributed by atoms with Crippen LogP contribution in [0.15, 0.2) is 18.2 Å². The van der Waals surface area contributed by atoms with Gasteiger partial charge in [-0.15, -0.1) is 0 Å². The van der Waals surface area contributed by atoms with E-state index in [9.17, 15) is 0 Å². The Balaban J connectivity index is 2.36. The van der Waals surface area contributed by atoms with Crippen molar-refractivity contribution in [2.75, 3.05) is 27.3 Å². The van der Waals surface area contributed by atoms with Crippen molar-refractivity contribution in [3.63, 3.8) is 0 Å². The zero-order valence-corrected chi connectivity index (χ0v) is 11.6. The highest BCUT2D eigenvalue weighted by molar-refractivity contribution is 5.45. The zero-order chi connectivity index (χ0) is 13.0. The van der Waals surface area contributed by atoms with Crippen molar-refractivity contribution in [2.45, 2.75) is 31.6 Å². The highest BCUT2D eigenvalue weighted by Crippen LogP contribution is 2.40. The van der Waals surface area contributed by atoms with Gasteiger partial charge in [-0.05, 0) is 55.5 Å². The standard InChI is InChI=1S/C15H23NO2/c1-4-15(7-9-16-10-8-15)12-5-6-13(17-2)14(11-12)18-3/h5-6,11,16H,4,7-10H2,1-3H3. The molecule has 18 heavy (non-hydrogen) atoms. The van der Waals surface area contributed by atoms with Gasteiger partial charge in [0.1, 0.15) is 0 Å². The summed E-state index contributed by atoms with van der Waals surface area (Å²) in [6, 6.07) is 6.36. The SMILES string of the molecule is CCC1(c2ccc(OC)c(OC)c2)CCNCC1. The second-order valence-electron chi connectivity index (χ2n) is 4.95. The van der Waals surface area contributed by atoms with Crippen molar-refractivity contribution in [3.05, 3.63) is 23.8 Å². The summed E-state index contributed by atoms with van der Waals surface area (Å²) in [5.74, 6) is 1.64. The van der Waals surface area contributed by atoms with Gasteiger partial charge < -0.3 is 14.8 Å². The van der Waals surface area contributed by atoms with E-state index < -0.39 is 0 Å². The van der Waals surface area contributed by atoms with E-state index in [2.05, 4.69) is 24.4 Å². The van der Waals surface area contributed by atoms with Gasteiger partial charge >= 0.3 is 0 Å². The van der Waals surface area contributed by atoms with Crippen LogP contribution in [0.2, 0.25) is 0 Å². The lowest BCUT2D eigenvalue weighted by molar-refractivity contribution is 0.294. The second kappa shape index (κ2) is 5.61. The molecule has 0 aliphatic carbocycles. The Morgan fingerprint density at radius 1 is 1.11 bits per heavy atom. The van der Waals surface area contributed by atoms with Crippen LogP contribution in [0.4, 0.5) is 0 Å². The van der Waals surface area contributed by atoms with Gasteiger partial charge in [0, 0.05) is 0 Å². The maximum Gasteiger partial charge on any atom is 0.161 e. The number of ether oxygens (including phenoxy) is 2. The fourth-order valence-electron chi connectivity index (χ4n) is 2.92. The molecule has 1 aliphatic rings. The lowest BCUT2D eigenvalue weighted by Crippen LogP contribution is -2.39. The van der Waals surface area contributed by atoms with Gasteiger partial charge in [0.2, 0.25) is 0 Å². The third-order valence-corrected chi connectivity index (χ3v) is 4.23. The second-order valence-corrected chi connectivity index (χ2v) is 4.95. The fraction of sp³-hybridized carbons (Fsp3) is 0.600. The molecular formula is C15H23NO2. The molecule has 1 heterocycles. The van der Waals surface area contributed by atoms with E-state index in [1.54, 1.807) is 14.2 Å². The third-order valence-electron chi connectivity index (χ3n) is 4.23. The Morgan fingerprint density at radius 2 is 1.78 bits per heavy atom. The Labute approximate surface area is 109 Å². The van der Waals surface area contributed by atoms with Crippen LogP contribution in [-0.4, -0.2) is 27.3 Å². The first kappa shape index (κ1) is 13.2. The van der Waals surface area contributed by atoms with Gasteiger partial charge in [0.15, 0.2) is 11.5 Å². The number of hydrogen-bond acceptors (Lipinski definition) is 3. The molecule has 1 aliphatic heterocycles. The van der Waals surface area contributed by atoms with Crippen molar-refractivity contribution >= 4 is 0 Å². The van der Waals surface area contributed by atoms with Crippen LogP contribution in [0.25, 0.3) is 0 Å². The summed E-state index contributed by atoms with van der Waals surface area (Å²) in [4.78, 5) is 0. The summed E-state index contributed by atoms with van der Waals surface area (Å²) >= 11 is 0. The topological polar surface area (TPSA) is 30.5 Å². The van der Waals surface area contributed by atoms with Crippen LogP contribution in [0.3, 0.4) is 0 Å². The molecular weight excluding hydrogens is 226 g/mol. The molecule has 0 amide bonds. The minimum atomic E-state index is 0.296. The lowest BCUT2D eigenvalue weighted by atomic mass is 9.71. The van der Waals surface area contributed by atoms with E-state index in [0.717, 1.165) is 24.6 Å². The Bertz CT molecular complexity index is 397. The predicted molar refractivity (Wildman–Crippen MR) is 73.6 cm³/mol. The number of methoxy groups -OCH3 is 2. The molecule has 0 spiro atoms. The number of nitrogens with one attached hydrogen (secondary N) is 1. The zero-order valence-electron chi connectivity index (χ0n) is 11.6. The summed E-state index contributed by atoms with van der Waals surface area (Å²) < 4.78 is 10.7. The number of rotatable bonds is 4. The molecule has 1 aromatic carbocycles. The van der Waals surface area contributed by atoms with Gasteiger partial charge in [0.05, 0.1) is 14.2 Å². The average molecular weight is 249 g/mol. The van der Waals surface area contributed by atoms with Gasteiger partial charge in [-0.3, -0.25) is 0 Å². The van der Waals surface area contributed by atoms with Crippen LogP contribution in [-0.2, 0) is 5.41 Å². The largest absolute Gasteiger partial charge is 0.493 e. The Hall–Kier alpha value is -1.22. The molecule has 0 saturated carbocycles. The van der Waals surface area contributed by atoms with Crippen molar-refractivity contribution < 1.29 is 9.47 Å². The first-order valence-electron chi connectivity index (χ1n) is 6.69. The highest BCUT2D eigenvalue weighted by atomic mass is 16.5.